The van der Waals surface area contributed by atoms with Crippen LogP contribution in [0.15, 0.2) is 24.3 Å². The number of carbonyl (C=O) groups excluding carboxylic acids is 2. The van der Waals surface area contributed by atoms with E-state index in [0.717, 1.165) is 25.7 Å². The fraction of sp³-hybridized carbons (Fsp3) is 0.579. The van der Waals surface area contributed by atoms with Gasteiger partial charge < -0.3 is 10.2 Å². The molecule has 0 radical (unpaired) electrons. The molecule has 2 aliphatic rings. The number of anilines is 1. The summed E-state index contributed by atoms with van der Waals surface area (Å²) in [5, 5.41) is 2.86. The van der Waals surface area contributed by atoms with Crippen molar-refractivity contribution >= 4 is 27.3 Å². The lowest BCUT2D eigenvalue weighted by Crippen LogP contribution is -2.41. The first-order valence-electron chi connectivity index (χ1n) is 9.32. The Morgan fingerprint density at radius 3 is 2.62 bits per heavy atom. The lowest BCUT2D eigenvalue weighted by atomic mass is 10.1. The van der Waals surface area contributed by atoms with Gasteiger partial charge in [0.15, 0.2) is 9.84 Å². The van der Waals surface area contributed by atoms with Crippen LogP contribution in [-0.2, 0) is 14.6 Å². The zero-order valence-corrected chi connectivity index (χ0v) is 15.9. The molecule has 6 nitrogen and oxygen atoms in total. The zero-order chi connectivity index (χ0) is 18.7. The van der Waals surface area contributed by atoms with E-state index in [1.165, 1.54) is 0 Å². The van der Waals surface area contributed by atoms with Gasteiger partial charge in [0.2, 0.25) is 5.91 Å². The minimum absolute atomic E-state index is 0.000626. The topological polar surface area (TPSA) is 83.6 Å². The summed E-state index contributed by atoms with van der Waals surface area (Å²) in [7, 11) is -3.06. The van der Waals surface area contributed by atoms with Gasteiger partial charge in [-0.05, 0) is 43.9 Å². The van der Waals surface area contributed by atoms with E-state index in [4.69, 9.17) is 0 Å². The maximum Gasteiger partial charge on any atom is 0.254 e. The molecule has 1 heterocycles. The van der Waals surface area contributed by atoms with Gasteiger partial charge in [0.05, 0.1) is 11.5 Å². The van der Waals surface area contributed by atoms with Gasteiger partial charge in [0.1, 0.15) is 0 Å². The third-order valence-corrected chi connectivity index (χ3v) is 6.74. The van der Waals surface area contributed by atoms with Gasteiger partial charge in [0.25, 0.3) is 5.91 Å². The van der Waals surface area contributed by atoms with Crippen molar-refractivity contribution in [2.45, 2.75) is 45.1 Å². The number of amides is 2. The number of carbonyl (C=O) groups is 2. The van der Waals surface area contributed by atoms with Crippen LogP contribution < -0.4 is 5.32 Å². The fourth-order valence-corrected chi connectivity index (χ4v) is 5.02. The molecule has 3 rings (SSSR count). The van der Waals surface area contributed by atoms with Crippen LogP contribution in [-0.4, -0.2) is 49.2 Å². The molecule has 1 aliphatic carbocycles. The lowest BCUT2D eigenvalue weighted by molar-refractivity contribution is -0.117. The summed E-state index contributed by atoms with van der Waals surface area (Å²) >= 11 is 0. The highest BCUT2D eigenvalue weighted by Gasteiger charge is 2.35. The van der Waals surface area contributed by atoms with Crippen molar-refractivity contribution in [1.82, 2.24) is 4.90 Å². The van der Waals surface area contributed by atoms with Crippen LogP contribution in [0.2, 0.25) is 0 Å². The second-order valence-electron chi connectivity index (χ2n) is 7.25. The summed E-state index contributed by atoms with van der Waals surface area (Å²) in [6.07, 6.45) is 4.10. The van der Waals surface area contributed by atoms with Gasteiger partial charge in [-0.3, -0.25) is 9.59 Å². The third-order valence-electron chi connectivity index (χ3n) is 4.99. The van der Waals surface area contributed by atoms with E-state index < -0.39 is 9.84 Å². The van der Waals surface area contributed by atoms with Crippen molar-refractivity contribution in [3.63, 3.8) is 0 Å². The Hall–Kier alpha value is -1.89. The maximum atomic E-state index is 13.1. The Morgan fingerprint density at radius 1 is 1.23 bits per heavy atom. The highest BCUT2D eigenvalue weighted by molar-refractivity contribution is 7.91. The fourth-order valence-electron chi connectivity index (χ4n) is 3.29. The van der Waals surface area contributed by atoms with Crippen molar-refractivity contribution in [1.29, 1.82) is 0 Å². The monoisotopic (exact) mass is 378 g/mol. The van der Waals surface area contributed by atoms with Crippen molar-refractivity contribution in [2.24, 2.45) is 5.92 Å². The minimum Gasteiger partial charge on any atom is -0.335 e. The number of hydrogen-bond donors (Lipinski definition) is 1. The number of benzene rings is 1. The Balaban J connectivity index is 1.76. The quantitative estimate of drug-likeness (QED) is 0.790. The summed E-state index contributed by atoms with van der Waals surface area (Å²) < 4.78 is 23.7. The summed E-state index contributed by atoms with van der Waals surface area (Å²) in [5.41, 5.74) is 1.10. The summed E-state index contributed by atoms with van der Waals surface area (Å²) in [6.45, 7) is 2.59. The molecule has 1 aromatic carbocycles. The summed E-state index contributed by atoms with van der Waals surface area (Å²) in [5.74, 6) is 0.118. The van der Waals surface area contributed by atoms with E-state index >= 15 is 0 Å². The predicted octanol–water partition coefficient (Wildman–Crippen LogP) is 2.46. The average Bonchev–Trinajstić information content (AvgIpc) is 3.39. The van der Waals surface area contributed by atoms with Crippen LogP contribution in [0.5, 0.6) is 0 Å². The van der Waals surface area contributed by atoms with E-state index in [0.29, 0.717) is 24.2 Å². The largest absolute Gasteiger partial charge is 0.335 e. The molecular weight excluding hydrogens is 352 g/mol. The average molecular weight is 378 g/mol. The van der Waals surface area contributed by atoms with Crippen LogP contribution >= 0.6 is 0 Å². The molecule has 2 amide bonds. The molecule has 2 fully saturated rings. The van der Waals surface area contributed by atoms with Gasteiger partial charge in [-0.25, -0.2) is 8.42 Å². The molecule has 0 bridgehead atoms. The van der Waals surface area contributed by atoms with E-state index in [-0.39, 0.29) is 35.3 Å². The smallest absolute Gasteiger partial charge is 0.254 e. The van der Waals surface area contributed by atoms with Crippen molar-refractivity contribution < 1.29 is 18.0 Å². The van der Waals surface area contributed by atoms with Gasteiger partial charge in [0, 0.05) is 29.8 Å². The van der Waals surface area contributed by atoms with Gasteiger partial charge in [-0.1, -0.05) is 19.4 Å². The highest BCUT2D eigenvalue weighted by Crippen LogP contribution is 2.30. The van der Waals surface area contributed by atoms with Crippen LogP contribution in [0, 0.1) is 5.92 Å². The Bertz CT molecular complexity index is 786. The molecule has 1 N–H and O–H groups in total. The first kappa shape index (κ1) is 18.9. The molecular formula is C19H26N2O4S. The van der Waals surface area contributed by atoms with Crippen LogP contribution in [0.4, 0.5) is 5.69 Å². The first-order chi connectivity index (χ1) is 12.4. The SMILES string of the molecule is CCCCN(C(=O)c1cccc(NC(=O)C2CC2)c1)C1CCS(=O)(=O)C1. The molecule has 1 unspecified atom stereocenters. The number of rotatable bonds is 7. The van der Waals surface area contributed by atoms with E-state index in [1.807, 2.05) is 6.92 Å². The predicted molar refractivity (Wildman–Crippen MR) is 101 cm³/mol. The highest BCUT2D eigenvalue weighted by atomic mass is 32.2. The second-order valence-corrected chi connectivity index (χ2v) is 9.48. The molecule has 1 aliphatic heterocycles. The maximum absolute atomic E-state index is 13.1. The first-order valence-corrected chi connectivity index (χ1v) is 11.1. The molecule has 0 spiro atoms. The molecule has 7 heteroatoms. The Kier molecular flexibility index (Phi) is 5.65. The van der Waals surface area contributed by atoms with Crippen LogP contribution in [0.25, 0.3) is 0 Å². The molecule has 0 aromatic heterocycles. The summed E-state index contributed by atoms with van der Waals surface area (Å²) in [6, 6.07) is 6.67. The van der Waals surface area contributed by atoms with Gasteiger partial charge in [-0.2, -0.15) is 0 Å². The molecule has 1 saturated heterocycles. The number of nitrogens with zero attached hydrogens (tertiary/aromatic N) is 1. The molecule has 26 heavy (non-hydrogen) atoms. The van der Waals surface area contributed by atoms with Crippen LogP contribution in [0.1, 0.15) is 49.4 Å². The number of sulfone groups is 1. The molecule has 1 aromatic rings. The van der Waals surface area contributed by atoms with E-state index in [1.54, 1.807) is 29.2 Å². The third kappa shape index (κ3) is 4.63. The number of hydrogen-bond acceptors (Lipinski definition) is 4. The number of nitrogens with one attached hydrogen (secondary N) is 1. The molecule has 142 valence electrons. The normalized spacial score (nSPS) is 21.3. The van der Waals surface area contributed by atoms with Crippen molar-refractivity contribution in [3.8, 4) is 0 Å². The Labute approximate surface area is 154 Å². The van der Waals surface area contributed by atoms with Gasteiger partial charge >= 0.3 is 0 Å². The number of unbranched alkanes of at least 4 members (excludes halogenated alkanes) is 1. The minimum atomic E-state index is -3.06. The second kappa shape index (κ2) is 7.78. The standard InChI is InChI=1S/C19H26N2O4S/c1-2-3-10-21(17-9-11-26(24,25)13-17)19(23)15-5-4-6-16(12-15)20-18(22)14-7-8-14/h4-6,12,14,17H,2-3,7-11,13H2,1H3,(H,20,22). The lowest BCUT2D eigenvalue weighted by Gasteiger charge is -2.28. The molecule has 1 saturated carbocycles. The molecule has 1 atom stereocenters. The van der Waals surface area contributed by atoms with E-state index in [2.05, 4.69) is 5.32 Å². The Morgan fingerprint density at radius 2 is 2.00 bits per heavy atom. The zero-order valence-electron chi connectivity index (χ0n) is 15.1. The van der Waals surface area contributed by atoms with Crippen molar-refractivity contribution in [3.05, 3.63) is 29.8 Å². The summed E-state index contributed by atoms with van der Waals surface area (Å²) in [4.78, 5) is 26.7. The van der Waals surface area contributed by atoms with E-state index in [9.17, 15) is 18.0 Å². The van der Waals surface area contributed by atoms with Gasteiger partial charge in [-0.15, -0.1) is 0 Å². The van der Waals surface area contributed by atoms with Crippen molar-refractivity contribution in [2.75, 3.05) is 23.4 Å². The van der Waals surface area contributed by atoms with Crippen LogP contribution in [0.3, 0.4) is 0 Å².